The monoisotopic (exact) mass is 330 g/mol. The van der Waals surface area contributed by atoms with Crippen molar-refractivity contribution in [2.24, 2.45) is 0 Å². The maximum absolute atomic E-state index is 14.1. The highest BCUT2D eigenvalue weighted by Gasteiger charge is 2.39. The number of hydrogen-bond acceptors (Lipinski definition) is 5. The number of carboxylic acids is 1. The summed E-state index contributed by atoms with van der Waals surface area (Å²) in [6.45, 7) is 0.779. The van der Waals surface area contributed by atoms with Crippen molar-refractivity contribution in [3.63, 3.8) is 0 Å². The van der Waals surface area contributed by atoms with Gasteiger partial charge in [0.05, 0.1) is 24.5 Å². The summed E-state index contributed by atoms with van der Waals surface area (Å²) in [6, 6.07) is 1.88. The summed E-state index contributed by atoms with van der Waals surface area (Å²) in [5.41, 5.74) is -2.11. The second kappa shape index (κ2) is 6.47. The van der Waals surface area contributed by atoms with Gasteiger partial charge in [0.15, 0.2) is 11.3 Å². The molecule has 0 spiro atoms. The molecule has 0 radical (unpaired) electrons. The Morgan fingerprint density at radius 3 is 2.61 bits per heavy atom. The van der Waals surface area contributed by atoms with Crippen molar-refractivity contribution in [3.8, 4) is 0 Å². The van der Waals surface area contributed by atoms with Gasteiger partial charge in [0, 0.05) is 12.5 Å². The van der Waals surface area contributed by atoms with Crippen LogP contribution in [0.5, 0.6) is 0 Å². The van der Waals surface area contributed by atoms with Gasteiger partial charge in [-0.15, -0.1) is 0 Å². The first-order chi connectivity index (χ1) is 10.8. The van der Waals surface area contributed by atoms with Gasteiger partial charge in [-0.05, 0) is 19.1 Å². The average Bonchev–Trinajstić information content (AvgIpc) is 2.47. The number of fused-ring (bicyclic) bond motifs is 1. The van der Waals surface area contributed by atoms with E-state index in [9.17, 15) is 18.0 Å². The fourth-order valence-electron chi connectivity index (χ4n) is 1.87. The van der Waals surface area contributed by atoms with Crippen molar-refractivity contribution in [2.75, 3.05) is 20.3 Å². The molecule has 2 aromatic rings. The second-order valence-corrected chi connectivity index (χ2v) is 4.65. The highest BCUT2D eigenvalue weighted by molar-refractivity contribution is 5.93. The van der Waals surface area contributed by atoms with E-state index in [4.69, 9.17) is 5.11 Å². The normalized spacial score (nSPS) is 11.9. The lowest BCUT2D eigenvalue weighted by molar-refractivity contribution is -0.255. The van der Waals surface area contributed by atoms with E-state index in [0.29, 0.717) is 0 Å². The highest BCUT2D eigenvalue weighted by Crippen LogP contribution is 2.32. The lowest BCUT2D eigenvalue weighted by Crippen LogP contribution is -2.25. The number of aromatic nitrogens is 2. The molecule has 2 heterocycles. The number of carbonyl (C=O) groups is 1. The van der Waals surface area contributed by atoms with Crippen molar-refractivity contribution < 1.29 is 32.5 Å². The van der Waals surface area contributed by atoms with Crippen LogP contribution in [-0.4, -0.2) is 41.4 Å². The Balaban J connectivity index is 2.58. The first-order valence-corrected chi connectivity index (χ1v) is 6.48. The number of ether oxygens (including phenoxy) is 2. The Bertz CT molecular complexity index is 752. The molecule has 0 aliphatic carbocycles. The number of aromatic carboxylic acids is 1. The van der Waals surface area contributed by atoms with Crippen LogP contribution in [-0.2, 0) is 15.6 Å². The van der Waals surface area contributed by atoms with E-state index in [2.05, 4.69) is 19.4 Å². The Morgan fingerprint density at radius 2 is 2.00 bits per heavy atom. The molecule has 0 saturated heterocycles. The number of halogens is 3. The van der Waals surface area contributed by atoms with Crippen molar-refractivity contribution >= 4 is 17.0 Å². The van der Waals surface area contributed by atoms with Crippen LogP contribution < -0.4 is 0 Å². The third-order valence-corrected chi connectivity index (χ3v) is 3.01. The lowest BCUT2D eigenvalue weighted by atomic mass is 10.1. The molecule has 0 amide bonds. The number of carboxylic acid groups (broad SMARTS) is 1. The van der Waals surface area contributed by atoms with Crippen LogP contribution in [0, 0.1) is 12.7 Å². The smallest absolute Gasteiger partial charge is 0.401 e. The summed E-state index contributed by atoms with van der Waals surface area (Å²) in [5.74, 6) is -2.32. The van der Waals surface area contributed by atoms with Crippen molar-refractivity contribution in [1.82, 2.24) is 9.97 Å². The SMILES string of the molecule is COCCOC(F)(F)c1nc2nc(C)c(F)cc2cc1C(=O)O. The van der Waals surface area contributed by atoms with Crippen LogP contribution in [0.1, 0.15) is 21.7 Å². The van der Waals surface area contributed by atoms with Gasteiger partial charge < -0.3 is 14.6 Å². The molecule has 23 heavy (non-hydrogen) atoms. The molecule has 0 fully saturated rings. The molecule has 6 nitrogen and oxygen atoms in total. The van der Waals surface area contributed by atoms with Crippen LogP contribution in [0.3, 0.4) is 0 Å². The molecule has 0 aliphatic heterocycles. The first-order valence-electron chi connectivity index (χ1n) is 6.48. The Morgan fingerprint density at radius 1 is 1.30 bits per heavy atom. The summed E-state index contributed by atoms with van der Waals surface area (Å²) in [6.07, 6.45) is -3.95. The van der Waals surface area contributed by atoms with Crippen LogP contribution >= 0.6 is 0 Å². The average molecular weight is 330 g/mol. The topological polar surface area (TPSA) is 81.5 Å². The predicted octanol–water partition coefficient (Wildman–Crippen LogP) is 2.49. The molecule has 0 unspecified atom stereocenters. The van der Waals surface area contributed by atoms with Gasteiger partial charge in [-0.25, -0.2) is 19.2 Å². The van der Waals surface area contributed by atoms with Crippen molar-refractivity contribution in [2.45, 2.75) is 13.0 Å². The standard InChI is InChI=1S/C14H13F3N2O4/c1-7-10(15)6-8-5-9(13(20)21)11(19-12(8)18-7)14(16,17)23-4-3-22-2/h5-6H,3-4H2,1-2H3,(H,20,21). The molecule has 0 saturated carbocycles. The van der Waals surface area contributed by atoms with Crippen LogP contribution in [0.4, 0.5) is 13.2 Å². The van der Waals surface area contributed by atoms with Gasteiger partial charge in [0.25, 0.3) is 0 Å². The molecule has 1 N–H and O–H groups in total. The van der Waals surface area contributed by atoms with E-state index >= 15 is 0 Å². The van der Waals surface area contributed by atoms with E-state index in [1.165, 1.54) is 14.0 Å². The Hall–Kier alpha value is -2.26. The fraction of sp³-hybridized carbons (Fsp3) is 0.357. The number of rotatable bonds is 6. The summed E-state index contributed by atoms with van der Waals surface area (Å²) in [7, 11) is 1.31. The predicted molar refractivity (Wildman–Crippen MR) is 72.9 cm³/mol. The maximum Gasteiger partial charge on any atom is 0.401 e. The van der Waals surface area contributed by atoms with Gasteiger partial charge in [-0.1, -0.05) is 0 Å². The number of alkyl halides is 2. The summed E-state index contributed by atoms with van der Waals surface area (Å²) >= 11 is 0. The van der Waals surface area contributed by atoms with Crippen LogP contribution in [0.2, 0.25) is 0 Å². The van der Waals surface area contributed by atoms with Gasteiger partial charge >= 0.3 is 12.1 Å². The zero-order valence-electron chi connectivity index (χ0n) is 12.3. The zero-order valence-corrected chi connectivity index (χ0v) is 12.3. The summed E-state index contributed by atoms with van der Waals surface area (Å²) in [4.78, 5) is 18.6. The molecule has 9 heteroatoms. The molecule has 2 aromatic heterocycles. The van der Waals surface area contributed by atoms with Crippen molar-refractivity contribution in [3.05, 3.63) is 34.9 Å². The third kappa shape index (κ3) is 3.57. The quantitative estimate of drug-likeness (QED) is 0.820. The lowest BCUT2D eigenvalue weighted by Gasteiger charge is -2.18. The van der Waals surface area contributed by atoms with E-state index in [0.717, 1.165) is 12.1 Å². The van der Waals surface area contributed by atoms with E-state index in [1.807, 2.05) is 0 Å². The fourth-order valence-corrected chi connectivity index (χ4v) is 1.87. The summed E-state index contributed by atoms with van der Waals surface area (Å²) < 4.78 is 50.7. The van der Waals surface area contributed by atoms with Gasteiger partial charge in [-0.2, -0.15) is 8.78 Å². The molecule has 0 aromatic carbocycles. The van der Waals surface area contributed by atoms with Gasteiger partial charge in [-0.3, -0.25) is 0 Å². The minimum absolute atomic E-state index is 0.00180. The molecule has 0 aliphatic rings. The largest absolute Gasteiger partial charge is 0.478 e. The molecule has 0 atom stereocenters. The molecule has 0 bridgehead atoms. The first kappa shape index (κ1) is 17.1. The maximum atomic E-state index is 14.1. The van der Waals surface area contributed by atoms with E-state index < -0.39 is 35.8 Å². The number of nitrogens with zero attached hydrogens (tertiary/aromatic N) is 2. The number of pyridine rings is 2. The third-order valence-electron chi connectivity index (χ3n) is 3.01. The second-order valence-electron chi connectivity index (χ2n) is 4.65. The van der Waals surface area contributed by atoms with Gasteiger partial charge in [0.1, 0.15) is 5.82 Å². The van der Waals surface area contributed by atoms with E-state index in [1.54, 1.807) is 0 Å². The Kier molecular flexibility index (Phi) is 4.81. The number of methoxy groups -OCH3 is 1. The molecule has 2 rings (SSSR count). The van der Waals surface area contributed by atoms with Crippen LogP contribution in [0.25, 0.3) is 11.0 Å². The minimum atomic E-state index is -3.95. The van der Waals surface area contributed by atoms with Crippen molar-refractivity contribution in [1.29, 1.82) is 0 Å². The van der Waals surface area contributed by atoms with Gasteiger partial charge in [0.2, 0.25) is 0 Å². The minimum Gasteiger partial charge on any atom is -0.478 e. The summed E-state index contributed by atoms with van der Waals surface area (Å²) in [5, 5.41) is 9.12. The molecular formula is C14H13F3N2O4. The molecular weight excluding hydrogens is 317 g/mol. The number of hydrogen-bond donors (Lipinski definition) is 1. The Labute approximate surface area is 128 Å². The molecule has 124 valence electrons. The van der Waals surface area contributed by atoms with Crippen LogP contribution in [0.15, 0.2) is 12.1 Å². The highest BCUT2D eigenvalue weighted by atomic mass is 19.3. The zero-order chi connectivity index (χ0) is 17.2. The van der Waals surface area contributed by atoms with E-state index in [-0.39, 0.29) is 23.3 Å². The number of aryl methyl sites for hydroxylation is 1.